The van der Waals surface area contributed by atoms with Crippen molar-refractivity contribution in [3.05, 3.63) is 139 Å². The van der Waals surface area contributed by atoms with Crippen molar-refractivity contribution < 1.29 is 24.5 Å². The van der Waals surface area contributed by atoms with E-state index in [1.807, 2.05) is 48.8 Å². The first-order valence-corrected chi connectivity index (χ1v) is 20.6. The van der Waals surface area contributed by atoms with Crippen LogP contribution in [0, 0.1) is 17.9 Å². The topological polar surface area (TPSA) is 25.8 Å². The van der Waals surface area contributed by atoms with Crippen LogP contribution in [0.1, 0.15) is 38.2 Å². The first-order chi connectivity index (χ1) is 22.7. The summed E-state index contributed by atoms with van der Waals surface area (Å²) in [4.78, 5) is 9.21. The minimum absolute atomic E-state index is 0. The Hall–Kier alpha value is -3.80. The van der Waals surface area contributed by atoms with Crippen LogP contribution < -0.4 is 5.19 Å². The van der Waals surface area contributed by atoms with E-state index >= 15 is 0 Å². The van der Waals surface area contributed by atoms with Gasteiger partial charge in [-0.05, 0) is 80.8 Å². The summed E-state index contributed by atoms with van der Waals surface area (Å²) in [6, 6.07) is 40.5. The van der Waals surface area contributed by atoms with Crippen molar-refractivity contribution >= 4 is 44.8 Å². The molecule has 2 nitrogen and oxygen atoms in total. The van der Waals surface area contributed by atoms with Gasteiger partial charge >= 0.3 is 0 Å². The Morgan fingerprint density at radius 2 is 1.56 bits per heavy atom. The maximum atomic E-state index is 13.7. The van der Waals surface area contributed by atoms with Crippen molar-refractivity contribution in [3.8, 4) is 33.6 Å². The second-order valence-electron chi connectivity index (χ2n) is 12.9. The molecular weight excluding hydrogens is 804 g/mol. The fourth-order valence-electron chi connectivity index (χ4n) is 5.93. The Morgan fingerprint density at radius 1 is 0.750 bits per heavy atom. The fourth-order valence-corrected chi connectivity index (χ4v) is 8.21. The van der Waals surface area contributed by atoms with E-state index in [2.05, 4.69) is 104 Å². The van der Waals surface area contributed by atoms with Crippen molar-refractivity contribution in [2.24, 2.45) is 0 Å². The summed E-state index contributed by atoms with van der Waals surface area (Å²) in [7, 11) is -1.23. The average Bonchev–Trinajstić information content (AvgIpc) is 3.48. The van der Waals surface area contributed by atoms with Crippen molar-refractivity contribution in [1.82, 2.24) is 9.97 Å². The SMILES string of the molecule is CCC(CC)c1ccnc(-c2[c-]ccc3c2sc2cc(-c4cccc(F)c4)ccc23)c1.C[Si](C)(C)c1ccc(-c2[c-]cccc2)nc1.[Ir]. The van der Waals surface area contributed by atoms with E-state index in [-0.39, 0.29) is 25.9 Å². The molecule has 0 amide bonds. The molecule has 3 aromatic heterocycles. The van der Waals surface area contributed by atoms with Gasteiger partial charge in [-0.2, -0.15) is 11.3 Å². The molecule has 0 aliphatic rings. The van der Waals surface area contributed by atoms with Crippen LogP contribution in [0.5, 0.6) is 0 Å². The number of pyridine rings is 2. The van der Waals surface area contributed by atoms with Gasteiger partial charge in [-0.15, -0.1) is 59.7 Å². The monoisotopic (exact) mass is 843 g/mol. The second-order valence-corrected chi connectivity index (χ2v) is 19.0. The number of rotatable bonds is 7. The summed E-state index contributed by atoms with van der Waals surface area (Å²) in [6.07, 6.45) is 6.19. The summed E-state index contributed by atoms with van der Waals surface area (Å²) in [5.74, 6) is 0.339. The Balaban J connectivity index is 0.000000224. The van der Waals surface area contributed by atoms with Crippen LogP contribution in [0.4, 0.5) is 4.39 Å². The third-order valence-corrected chi connectivity index (χ3v) is 11.9. The molecule has 0 saturated heterocycles. The van der Waals surface area contributed by atoms with E-state index in [0.29, 0.717) is 5.92 Å². The third-order valence-electron chi connectivity index (χ3n) is 8.70. The molecule has 0 N–H and O–H groups in total. The Morgan fingerprint density at radius 3 is 2.25 bits per heavy atom. The Labute approximate surface area is 302 Å². The van der Waals surface area contributed by atoms with Gasteiger partial charge in [0.15, 0.2) is 0 Å². The molecule has 0 bridgehead atoms. The molecule has 6 heteroatoms. The average molecular weight is 843 g/mol. The van der Waals surface area contributed by atoms with E-state index in [1.165, 1.54) is 37.0 Å². The van der Waals surface area contributed by atoms with Crippen LogP contribution in [0.25, 0.3) is 53.8 Å². The molecule has 0 aliphatic heterocycles. The third kappa shape index (κ3) is 7.90. The smallest absolute Gasteiger partial charge is 0.123 e. The first-order valence-electron chi connectivity index (χ1n) is 16.3. The number of hydrogen-bond donors (Lipinski definition) is 0. The molecule has 0 fully saturated rings. The van der Waals surface area contributed by atoms with Crippen molar-refractivity contribution in [1.29, 1.82) is 0 Å². The predicted octanol–water partition coefficient (Wildman–Crippen LogP) is 11.7. The molecule has 4 aromatic carbocycles. The number of fused-ring (bicyclic) bond motifs is 3. The van der Waals surface area contributed by atoms with E-state index < -0.39 is 8.07 Å². The Bertz CT molecular complexity index is 2120. The summed E-state index contributed by atoms with van der Waals surface area (Å²) >= 11 is 1.76. The molecule has 0 saturated carbocycles. The number of benzene rings is 4. The molecule has 245 valence electrons. The predicted molar refractivity (Wildman–Crippen MR) is 202 cm³/mol. The molecule has 7 rings (SSSR count). The molecule has 0 unspecified atom stereocenters. The summed E-state index contributed by atoms with van der Waals surface area (Å²) in [5.41, 5.74) is 7.36. The van der Waals surface area contributed by atoms with Crippen LogP contribution in [0.15, 0.2) is 116 Å². The van der Waals surface area contributed by atoms with Crippen LogP contribution in [0.3, 0.4) is 0 Å². The second kappa shape index (κ2) is 15.6. The van der Waals surface area contributed by atoms with Crippen LogP contribution in [0.2, 0.25) is 19.6 Å². The molecule has 48 heavy (non-hydrogen) atoms. The van der Waals surface area contributed by atoms with E-state index in [9.17, 15) is 4.39 Å². The van der Waals surface area contributed by atoms with Gasteiger partial charge < -0.3 is 9.97 Å². The number of nitrogens with zero attached hydrogens (tertiary/aromatic N) is 2. The molecule has 7 aromatic rings. The maximum absolute atomic E-state index is 13.7. The number of thiophene rings is 1. The molecule has 3 heterocycles. The normalized spacial score (nSPS) is 11.3. The van der Waals surface area contributed by atoms with Crippen molar-refractivity contribution in [3.63, 3.8) is 0 Å². The number of aromatic nitrogens is 2. The summed E-state index contributed by atoms with van der Waals surface area (Å²) in [6.45, 7) is 11.5. The molecule has 0 atom stereocenters. The van der Waals surface area contributed by atoms with E-state index in [4.69, 9.17) is 0 Å². The van der Waals surface area contributed by atoms with Crippen LogP contribution >= 0.6 is 11.3 Å². The fraction of sp³-hybridized carbons (Fsp3) is 0.190. The van der Waals surface area contributed by atoms with Gasteiger partial charge in [0.25, 0.3) is 0 Å². The number of halogens is 1. The molecular formula is C42H39FIrN2SSi-2. The van der Waals surface area contributed by atoms with Crippen LogP contribution in [-0.2, 0) is 20.1 Å². The minimum atomic E-state index is -1.23. The largest absolute Gasteiger partial charge is 0.305 e. The minimum Gasteiger partial charge on any atom is -0.305 e. The van der Waals surface area contributed by atoms with Crippen LogP contribution in [-0.4, -0.2) is 18.0 Å². The van der Waals surface area contributed by atoms with Gasteiger partial charge in [-0.3, -0.25) is 0 Å². The van der Waals surface area contributed by atoms with Crippen molar-refractivity contribution in [2.75, 3.05) is 0 Å². The van der Waals surface area contributed by atoms with Gasteiger partial charge in [-0.25, -0.2) is 4.39 Å². The first kappa shape index (κ1) is 35.5. The van der Waals surface area contributed by atoms with Gasteiger partial charge in [-0.1, -0.05) is 86.9 Å². The standard InChI is InChI=1S/C28H23FNS.C14H16NSi.Ir/c1-3-18(4-2)21-13-14-30-26(16-21)25-10-6-9-24-23-12-11-20(17-27(23)31-28(24)25)19-7-5-8-22(29)15-19;1-16(2,3)13-9-10-14(15-11-13)12-7-5-4-6-8-12;/h5-9,11-18H,3-4H2,1-2H3;4-7,9-11H,1-3H3;/q2*-1;. The number of hydrogen-bond acceptors (Lipinski definition) is 3. The van der Waals surface area contributed by atoms with E-state index in [0.717, 1.165) is 46.5 Å². The zero-order valence-corrected chi connectivity index (χ0v) is 32.2. The zero-order valence-electron chi connectivity index (χ0n) is 28.0. The summed E-state index contributed by atoms with van der Waals surface area (Å²) in [5, 5.41) is 3.83. The van der Waals surface area contributed by atoms with Gasteiger partial charge in [0.05, 0.1) is 8.07 Å². The molecule has 1 radical (unpaired) electrons. The van der Waals surface area contributed by atoms with Crippen molar-refractivity contribution in [2.45, 2.75) is 52.2 Å². The zero-order chi connectivity index (χ0) is 33.0. The Kier molecular flexibility index (Phi) is 11.5. The maximum Gasteiger partial charge on any atom is 0.123 e. The van der Waals surface area contributed by atoms with E-state index in [1.54, 1.807) is 23.5 Å². The van der Waals surface area contributed by atoms with Gasteiger partial charge in [0, 0.05) is 37.2 Å². The van der Waals surface area contributed by atoms with Gasteiger partial charge in [0.1, 0.15) is 5.82 Å². The van der Waals surface area contributed by atoms with Gasteiger partial charge in [0.2, 0.25) is 0 Å². The molecule has 0 spiro atoms. The quantitative estimate of drug-likeness (QED) is 0.118. The molecule has 0 aliphatic carbocycles. The summed E-state index contributed by atoms with van der Waals surface area (Å²) < 4.78 is 16.1.